The lowest BCUT2D eigenvalue weighted by Gasteiger charge is -2.02. The quantitative estimate of drug-likeness (QED) is 0.565. The number of aromatic nitrogens is 3. The van der Waals surface area contributed by atoms with Crippen LogP contribution in [0.1, 0.15) is 77.0 Å². The molecule has 1 rings (SSSR count). The third-order valence-corrected chi connectivity index (χ3v) is 3.38. The van der Waals surface area contributed by atoms with Gasteiger partial charge in [0.2, 0.25) is 0 Å². The molecule has 106 valence electrons. The Bertz CT molecular complexity index is 364. The molecule has 0 atom stereocenters. The molecule has 4 nitrogen and oxygen atoms in total. The molecule has 0 saturated heterocycles. The van der Waals surface area contributed by atoms with Crippen LogP contribution in [0.4, 0.5) is 0 Å². The van der Waals surface area contributed by atoms with Gasteiger partial charge in [0.25, 0.3) is 5.82 Å². The fraction of sp³-hybridized carbons (Fsp3) is 0.800. The van der Waals surface area contributed by atoms with Gasteiger partial charge in [0.15, 0.2) is 0 Å². The van der Waals surface area contributed by atoms with Crippen molar-refractivity contribution >= 4 is 0 Å². The maximum Gasteiger partial charge on any atom is 0.252 e. The first kappa shape index (κ1) is 15.7. The summed E-state index contributed by atoms with van der Waals surface area (Å²) in [6.07, 6.45) is 15.0. The summed E-state index contributed by atoms with van der Waals surface area (Å²) < 4.78 is 1.77. The number of aryl methyl sites for hydroxylation is 1. The topological polar surface area (TPSA) is 54.5 Å². The first-order chi connectivity index (χ1) is 9.36. The van der Waals surface area contributed by atoms with Crippen molar-refractivity contribution < 1.29 is 0 Å². The lowest BCUT2D eigenvalue weighted by Crippen LogP contribution is -1.98. The molecule has 0 fully saturated rings. The van der Waals surface area contributed by atoms with E-state index in [1.54, 1.807) is 11.0 Å². The van der Waals surface area contributed by atoms with E-state index >= 15 is 0 Å². The summed E-state index contributed by atoms with van der Waals surface area (Å²) in [6, 6.07) is 1.94. The molecule has 0 unspecified atom stereocenters. The Balaban J connectivity index is 1.87. The summed E-state index contributed by atoms with van der Waals surface area (Å²) in [5, 5.41) is 12.7. The van der Waals surface area contributed by atoms with E-state index < -0.39 is 0 Å². The van der Waals surface area contributed by atoms with Crippen molar-refractivity contribution in [1.82, 2.24) is 14.8 Å². The summed E-state index contributed by atoms with van der Waals surface area (Å²) in [5.74, 6) is 0.270. The number of unbranched alkanes of at least 4 members (excludes halogenated alkanes) is 9. The Morgan fingerprint density at radius 1 is 1.00 bits per heavy atom. The number of hydrogen-bond donors (Lipinski definition) is 0. The molecule has 1 heterocycles. The minimum Gasteiger partial charge on any atom is -0.252 e. The molecular formula is C15H26N4. The molecule has 0 aliphatic rings. The Kier molecular flexibility index (Phi) is 8.70. The van der Waals surface area contributed by atoms with Gasteiger partial charge in [-0.3, -0.25) is 4.68 Å². The Morgan fingerprint density at radius 2 is 1.58 bits per heavy atom. The molecule has 4 heteroatoms. The molecule has 0 aromatic carbocycles. The Hall–Kier alpha value is -1.37. The van der Waals surface area contributed by atoms with Gasteiger partial charge in [-0.05, 0) is 6.42 Å². The van der Waals surface area contributed by atoms with E-state index in [0.717, 1.165) is 13.0 Å². The minimum absolute atomic E-state index is 0.270. The molecule has 0 saturated carbocycles. The first-order valence-electron chi connectivity index (χ1n) is 7.66. The molecule has 0 bridgehead atoms. The second-order valence-corrected chi connectivity index (χ2v) is 5.13. The predicted octanol–water partition coefficient (Wildman–Crippen LogP) is 4.07. The largest absolute Gasteiger partial charge is 0.252 e. The lowest BCUT2D eigenvalue weighted by atomic mass is 10.1. The number of rotatable bonds is 11. The van der Waals surface area contributed by atoms with E-state index in [0.29, 0.717) is 0 Å². The summed E-state index contributed by atoms with van der Waals surface area (Å²) in [5.41, 5.74) is 0. The van der Waals surface area contributed by atoms with Crippen molar-refractivity contribution in [2.45, 2.75) is 77.7 Å². The van der Waals surface area contributed by atoms with Crippen LogP contribution in [0.15, 0.2) is 6.33 Å². The molecule has 0 aliphatic carbocycles. The van der Waals surface area contributed by atoms with Crippen molar-refractivity contribution in [3.8, 4) is 6.07 Å². The van der Waals surface area contributed by atoms with Crippen molar-refractivity contribution in [1.29, 1.82) is 5.26 Å². The second kappa shape index (κ2) is 10.5. The minimum atomic E-state index is 0.270. The van der Waals surface area contributed by atoms with Crippen molar-refractivity contribution in [2.24, 2.45) is 0 Å². The maximum atomic E-state index is 8.61. The number of nitrogens with zero attached hydrogens (tertiary/aromatic N) is 4. The summed E-state index contributed by atoms with van der Waals surface area (Å²) in [4.78, 5) is 3.89. The Labute approximate surface area is 116 Å². The van der Waals surface area contributed by atoms with Crippen LogP contribution >= 0.6 is 0 Å². The maximum absolute atomic E-state index is 8.61. The summed E-state index contributed by atoms with van der Waals surface area (Å²) in [7, 11) is 0. The SMILES string of the molecule is CCCCCCCCCCCCn1cnc(C#N)n1. The van der Waals surface area contributed by atoms with E-state index in [2.05, 4.69) is 17.0 Å². The molecule has 0 N–H and O–H groups in total. The molecule has 0 spiro atoms. The first-order valence-corrected chi connectivity index (χ1v) is 7.66. The van der Waals surface area contributed by atoms with E-state index in [1.807, 2.05) is 6.07 Å². The highest BCUT2D eigenvalue weighted by Crippen LogP contribution is 2.10. The van der Waals surface area contributed by atoms with Crippen LogP contribution in [0.25, 0.3) is 0 Å². The highest BCUT2D eigenvalue weighted by Gasteiger charge is 1.98. The standard InChI is InChI=1S/C15H26N4/c1-2-3-4-5-6-7-8-9-10-11-12-19-14-17-15(13-16)18-19/h14H,2-12H2,1H3. The van der Waals surface area contributed by atoms with E-state index in [4.69, 9.17) is 5.26 Å². The third kappa shape index (κ3) is 7.61. The van der Waals surface area contributed by atoms with Gasteiger partial charge in [-0.25, -0.2) is 4.98 Å². The third-order valence-electron chi connectivity index (χ3n) is 3.38. The normalized spacial score (nSPS) is 10.5. The fourth-order valence-corrected chi connectivity index (χ4v) is 2.21. The van der Waals surface area contributed by atoms with Gasteiger partial charge >= 0.3 is 0 Å². The zero-order valence-electron chi connectivity index (χ0n) is 12.1. The number of hydrogen-bond acceptors (Lipinski definition) is 3. The van der Waals surface area contributed by atoms with Crippen LogP contribution in [0.5, 0.6) is 0 Å². The highest BCUT2D eigenvalue weighted by molar-refractivity contribution is 5.05. The fourth-order valence-electron chi connectivity index (χ4n) is 2.21. The van der Waals surface area contributed by atoms with Gasteiger partial charge in [0.05, 0.1) is 0 Å². The molecule has 0 aliphatic heterocycles. The average Bonchev–Trinajstić information content (AvgIpc) is 2.89. The summed E-state index contributed by atoms with van der Waals surface area (Å²) >= 11 is 0. The van der Waals surface area contributed by atoms with Crippen molar-refractivity contribution in [3.05, 3.63) is 12.2 Å². The van der Waals surface area contributed by atoms with Crippen LogP contribution in [-0.2, 0) is 6.54 Å². The van der Waals surface area contributed by atoms with Gasteiger partial charge in [-0.1, -0.05) is 64.7 Å². The van der Waals surface area contributed by atoms with E-state index in [1.165, 1.54) is 57.8 Å². The number of nitriles is 1. The van der Waals surface area contributed by atoms with Gasteiger partial charge < -0.3 is 0 Å². The molecule has 1 aromatic rings. The zero-order valence-corrected chi connectivity index (χ0v) is 12.1. The van der Waals surface area contributed by atoms with Crippen LogP contribution < -0.4 is 0 Å². The van der Waals surface area contributed by atoms with Gasteiger partial charge in [-0.2, -0.15) is 5.26 Å². The van der Waals surface area contributed by atoms with Gasteiger partial charge in [0.1, 0.15) is 12.4 Å². The predicted molar refractivity (Wildman–Crippen MR) is 76.6 cm³/mol. The van der Waals surface area contributed by atoms with Crippen molar-refractivity contribution in [2.75, 3.05) is 0 Å². The molecular weight excluding hydrogens is 236 g/mol. The van der Waals surface area contributed by atoms with Gasteiger partial charge in [-0.15, -0.1) is 5.10 Å². The molecule has 0 radical (unpaired) electrons. The van der Waals surface area contributed by atoms with Gasteiger partial charge in [0, 0.05) is 6.54 Å². The van der Waals surface area contributed by atoms with Crippen molar-refractivity contribution in [3.63, 3.8) is 0 Å². The average molecular weight is 262 g/mol. The van der Waals surface area contributed by atoms with Crippen LogP contribution in [0.2, 0.25) is 0 Å². The summed E-state index contributed by atoms with van der Waals surface area (Å²) in [6.45, 7) is 3.14. The second-order valence-electron chi connectivity index (χ2n) is 5.13. The van der Waals surface area contributed by atoms with Crippen LogP contribution in [0, 0.1) is 11.3 Å². The smallest absolute Gasteiger partial charge is 0.252 e. The van der Waals surface area contributed by atoms with Crippen LogP contribution in [0.3, 0.4) is 0 Å². The lowest BCUT2D eigenvalue weighted by molar-refractivity contribution is 0.514. The molecule has 19 heavy (non-hydrogen) atoms. The Morgan fingerprint density at radius 3 is 2.11 bits per heavy atom. The van der Waals surface area contributed by atoms with E-state index in [9.17, 15) is 0 Å². The monoisotopic (exact) mass is 262 g/mol. The highest BCUT2D eigenvalue weighted by atomic mass is 15.3. The molecule has 0 amide bonds. The molecule has 1 aromatic heterocycles. The zero-order chi connectivity index (χ0) is 13.8. The van der Waals surface area contributed by atoms with Crippen LogP contribution in [-0.4, -0.2) is 14.8 Å². The van der Waals surface area contributed by atoms with E-state index in [-0.39, 0.29) is 5.82 Å².